The number of nitrogens with one attached hydrogen (secondary N) is 1. The van der Waals surface area contributed by atoms with E-state index in [0.717, 1.165) is 11.3 Å². The Morgan fingerprint density at radius 2 is 1.90 bits per heavy atom. The van der Waals surface area contributed by atoms with Crippen molar-refractivity contribution in [3.8, 4) is 11.3 Å². The number of benzene rings is 2. The van der Waals surface area contributed by atoms with Gasteiger partial charge in [0, 0.05) is 22.3 Å². The second-order valence-electron chi connectivity index (χ2n) is 5.89. The first-order valence-corrected chi connectivity index (χ1v) is 9.73. The van der Waals surface area contributed by atoms with E-state index in [4.69, 9.17) is 33.5 Å². The smallest absolute Gasteiger partial charge is 0.244 e. The molecule has 4 rings (SSSR count). The minimum absolute atomic E-state index is 0.00491. The minimum Gasteiger partial charge on any atom is -0.382 e. The van der Waals surface area contributed by atoms with Gasteiger partial charge in [-0.05, 0) is 42.5 Å². The quantitative estimate of drug-likeness (QED) is 0.374. The van der Waals surface area contributed by atoms with Crippen LogP contribution in [-0.4, -0.2) is 15.9 Å². The number of thiazole rings is 1. The molecule has 3 N–H and O–H groups in total. The average molecular weight is 449 g/mol. The highest BCUT2D eigenvalue weighted by Gasteiger charge is 2.23. The summed E-state index contributed by atoms with van der Waals surface area (Å²) in [6.07, 6.45) is 0. The maximum absolute atomic E-state index is 13.0. The summed E-state index contributed by atoms with van der Waals surface area (Å²) in [4.78, 5) is 17.1. The lowest BCUT2D eigenvalue weighted by molar-refractivity contribution is 0.100. The topological polar surface area (TPSA) is 94.0 Å². The molecule has 0 fully saturated rings. The van der Waals surface area contributed by atoms with Crippen LogP contribution in [0.2, 0.25) is 10.0 Å². The van der Waals surface area contributed by atoms with Crippen LogP contribution in [0, 0.1) is 5.82 Å². The molecule has 0 aliphatic heterocycles. The molecule has 0 aliphatic rings. The van der Waals surface area contributed by atoms with Crippen LogP contribution in [0.5, 0.6) is 0 Å². The van der Waals surface area contributed by atoms with Crippen molar-refractivity contribution in [2.75, 3.05) is 11.1 Å². The van der Waals surface area contributed by atoms with E-state index in [1.54, 1.807) is 30.3 Å². The van der Waals surface area contributed by atoms with Gasteiger partial charge in [-0.1, -0.05) is 39.7 Å². The average Bonchev–Trinajstić information content (AvgIpc) is 3.30. The van der Waals surface area contributed by atoms with E-state index in [9.17, 15) is 9.18 Å². The van der Waals surface area contributed by atoms with E-state index in [2.05, 4.69) is 15.5 Å². The van der Waals surface area contributed by atoms with Crippen molar-refractivity contribution in [3.05, 3.63) is 75.0 Å². The Hall–Kier alpha value is -2.94. The van der Waals surface area contributed by atoms with Crippen LogP contribution in [0.4, 0.5) is 21.0 Å². The van der Waals surface area contributed by atoms with Gasteiger partial charge in [0.2, 0.25) is 11.5 Å². The molecule has 0 spiro atoms. The van der Waals surface area contributed by atoms with Gasteiger partial charge in [0.25, 0.3) is 0 Å². The molecule has 0 bridgehead atoms. The third kappa shape index (κ3) is 4.09. The monoisotopic (exact) mass is 448 g/mol. The molecule has 29 heavy (non-hydrogen) atoms. The lowest BCUT2D eigenvalue weighted by Crippen LogP contribution is -2.01. The second-order valence-corrected chi connectivity index (χ2v) is 7.74. The molecule has 10 heteroatoms. The maximum atomic E-state index is 13.0. The summed E-state index contributed by atoms with van der Waals surface area (Å²) in [6.45, 7) is 0. The number of rotatable bonds is 5. The highest BCUT2D eigenvalue weighted by molar-refractivity contribution is 7.18. The van der Waals surface area contributed by atoms with Gasteiger partial charge in [0.1, 0.15) is 22.2 Å². The van der Waals surface area contributed by atoms with E-state index >= 15 is 0 Å². The summed E-state index contributed by atoms with van der Waals surface area (Å²) in [5.74, 6) is -0.773. The molecule has 0 unspecified atom stereocenters. The Bertz CT molecular complexity index is 1210. The van der Waals surface area contributed by atoms with Gasteiger partial charge in [0.15, 0.2) is 5.13 Å². The van der Waals surface area contributed by atoms with E-state index < -0.39 is 5.78 Å². The van der Waals surface area contributed by atoms with E-state index in [1.807, 2.05) is 0 Å². The molecule has 0 saturated heterocycles. The van der Waals surface area contributed by atoms with Crippen molar-refractivity contribution in [2.24, 2.45) is 0 Å². The number of carbonyl (C=O) groups is 1. The number of halogens is 3. The minimum atomic E-state index is -0.462. The fraction of sp³-hybridized carbons (Fsp3) is 0. The predicted molar refractivity (Wildman–Crippen MR) is 112 cm³/mol. The number of anilines is 3. The summed E-state index contributed by atoms with van der Waals surface area (Å²) in [7, 11) is 0. The standard InChI is InChI=1S/C19H11Cl2FN4O2S/c20-9-1-6-12(13(21)7-9)14-8-15(28-26-14)16(27)17-18(23)25-19(29-17)24-11-4-2-10(22)3-5-11/h1-8H,23H2,(H,24,25). The number of hydrogen-bond donors (Lipinski definition) is 2. The van der Waals surface area contributed by atoms with Crippen molar-refractivity contribution in [1.29, 1.82) is 0 Å². The predicted octanol–water partition coefficient (Wildman–Crippen LogP) is 5.80. The van der Waals surface area contributed by atoms with Crippen LogP contribution in [0.15, 0.2) is 53.1 Å². The van der Waals surface area contributed by atoms with Crippen molar-refractivity contribution >= 4 is 57.0 Å². The van der Waals surface area contributed by atoms with Gasteiger partial charge in [-0.3, -0.25) is 4.79 Å². The fourth-order valence-electron chi connectivity index (χ4n) is 2.52. The number of aromatic nitrogens is 2. The number of hydrogen-bond acceptors (Lipinski definition) is 7. The molecule has 0 aliphatic carbocycles. The summed E-state index contributed by atoms with van der Waals surface area (Å²) < 4.78 is 18.2. The molecule has 6 nitrogen and oxygen atoms in total. The molecular weight excluding hydrogens is 438 g/mol. The van der Waals surface area contributed by atoms with Gasteiger partial charge in [-0.25, -0.2) is 9.37 Å². The largest absolute Gasteiger partial charge is 0.382 e. The summed E-state index contributed by atoms with van der Waals surface area (Å²) >= 11 is 13.1. The molecule has 0 atom stereocenters. The number of carbonyl (C=O) groups excluding carboxylic acids is 1. The lowest BCUT2D eigenvalue weighted by Gasteiger charge is -2.00. The van der Waals surface area contributed by atoms with Crippen LogP contribution >= 0.6 is 34.5 Å². The maximum Gasteiger partial charge on any atom is 0.244 e. The summed E-state index contributed by atoms with van der Waals surface area (Å²) in [5.41, 5.74) is 7.48. The van der Waals surface area contributed by atoms with E-state index in [-0.39, 0.29) is 22.3 Å². The van der Waals surface area contributed by atoms with Gasteiger partial charge >= 0.3 is 0 Å². The van der Waals surface area contributed by atoms with E-state index in [0.29, 0.717) is 32.1 Å². The second kappa shape index (κ2) is 7.82. The molecule has 0 saturated carbocycles. The lowest BCUT2D eigenvalue weighted by atomic mass is 10.1. The van der Waals surface area contributed by atoms with Crippen molar-refractivity contribution in [1.82, 2.24) is 10.1 Å². The van der Waals surface area contributed by atoms with Crippen LogP contribution in [-0.2, 0) is 0 Å². The third-order valence-corrected chi connectivity index (χ3v) is 5.43. The molecule has 4 aromatic rings. The molecule has 2 aromatic heterocycles. The van der Waals surface area contributed by atoms with Crippen LogP contribution < -0.4 is 11.1 Å². The zero-order chi connectivity index (χ0) is 20.5. The van der Waals surface area contributed by atoms with Crippen LogP contribution in [0.1, 0.15) is 15.4 Å². The van der Waals surface area contributed by atoms with Crippen molar-refractivity contribution in [2.45, 2.75) is 0 Å². The third-order valence-electron chi connectivity index (χ3n) is 3.90. The Kier molecular flexibility index (Phi) is 5.23. The number of ketones is 1. The number of nitrogen functional groups attached to an aromatic ring is 1. The van der Waals surface area contributed by atoms with Crippen LogP contribution in [0.3, 0.4) is 0 Å². The SMILES string of the molecule is Nc1nc(Nc2ccc(F)cc2)sc1C(=O)c1cc(-c2ccc(Cl)cc2Cl)no1. The Labute approximate surface area is 178 Å². The normalized spacial score (nSPS) is 10.9. The van der Waals surface area contributed by atoms with Gasteiger partial charge in [-0.2, -0.15) is 0 Å². The first kappa shape index (κ1) is 19.4. The zero-order valence-electron chi connectivity index (χ0n) is 14.4. The number of nitrogens with zero attached hydrogens (tertiary/aromatic N) is 2. The summed E-state index contributed by atoms with van der Waals surface area (Å²) in [6, 6.07) is 12.1. The molecule has 2 aromatic carbocycles. The van der Waals surface area contributed by atoms with Crippen molar-refractivity contribution in [3.63, 3.8) is 0 Å². The first-order valence-electron chi connectivity index (χ1n) is 8.16. The van der Waals surface area contributed by atoms with Gasteiger partial charge in [-0.15, -0.1) is 0 Å². The Morgan fingerprint density at radius 3 is 2.62 bits per heavy atom. The highest BCUT2D eigenvalue weighted by Crippen LogP contribution is 2.33. The van der Waals surface area contributed by atoms with Crippen molar-refractivity contribution < 1.29 is 13.7 Å². The van der Waals surface area contributed by atoms with Crippen LogP contribution in [0.25, 0.3) is 11.3 Å². The Morgan fingerprint density at radius 1 is 1.14 bits per heavy atom. The fourth-order valence-corrected chi connectivity index (χ4v) is 3.88. The Balaban J connectivity index is 1.58. The van der Waals surface area contributed by atoms with Gasteiger partial charge < -0.3 is 15.6 Å². The molecular formula is C19H11Cl2FN4O2S. The molecule has 0 amide bonds. The zero-order valence-corrected chi connectivity index (χ0v) is 16.8. The number of nitrogens with two attached hydrogens (primary N) is 1. The summed E-state index contributed by atoms with van der Waals surface area (Å²) in [5, 5.41) is 8.13. The molecule has 2 heterocycles. The molecule has 146 valence electrons. The molecule has 0 radical (unpaired) electrons. The van der Waals surface area contributed by atoms with E-state index in [1.165, 1.54) is 18.2 Å². The highest BCUT2D eigenvalue weighted by atomic mass is 35.5. The first-order chi connectivity index (χ1) is 13.9. The van der Waals surface area contributed by atoms with Gasteiger partial charge in [0.05, 0.1) is 5.02 Å².